The molecule has 10 rings (SSSR count). The summed E-state index contributed by atoms with van der Waals surface area (Å²) in [6, 6.07) is 29.8. The number of hydrogen-bond donors (Lipinski definition) is 0. The maximum absolute atomic E-state index is 9.29. The van der Waals surface area contributed by atoms with E-state index in [2.05, 4.69) is 112 Å². The second-order valence-electron chi connectivity index (χ2n) is 22.6. The van der Waals surface area contributed by atoms with Crippen LogP contribution in [0.5, 0.6) is 0 Å². The topological polar surface area (TPSA) is 0 Å². The molecule has 4 heteroatoms. The molecule has 0 heterocycles. The van der Waals surface area contributed by atoms with Crippen LogP contribution in [0.3, 0.4) is 0 Å². The van der Waals surface area contributed by atoms with Crippen LogP contribution in [0, 0.1) is 25.7 Å². The zero-order chi connectivity index (χ0) is 44.0. The Hall–Kier alpha value is -1.96. The van der Waals surface area contributed by atoms with Crippen molar-refractivity contribution < 1.29 is 15.6 Å². The van der Waals surface area contributed by atoms with Crippen LogP contribution in [0.1, 0.15) is 205 Å². The molecule has 6 aliphatic rings. The first-order valence-corrected chi connectivity index (χ1v) is 42.8. The van der Waals surface area contributed by atoms with Crippen LogP contribution in [0.25, 0.3) is 34.4 Å². The van der Waals surface area contributed by atoms with Gasteiger partial charge in [0.25, 0.3) is 0 Å². The van der Waals surface area contributed by atoms with Crippen LogP contribution in [0.2, 0.25) is 13.1 Å². The van der Waals surface area contributed by atoms with Gasteiger partial charge in [-0.2, -0.15) is 0 Å². The third kappa shape index (κ3) is 8.82. The van der Waals surface area contributed by atoms with Crippen molar-refractivity contribution in [2.24, 2.45) is 11.8 Å². The first-order chi connectivity index (χ1) is 31.0. The van der Waals surface area contributed by atoms with Crippen molar-refractivity contribution in [3.63, 3.8) is 0 Å². The van der Waals surface area contributed by atoms with Gasteiger partial charge < -0.3 is 0 Å². The van der Waals surface area contributed by atoms with Crippen LogP contribution in [0.4, 0.5) is 0 Å². The fourth-order valence-electron chi connectivity index (χ4n) is 14.5. The van der Waals surface area contributed by atoms with Gasteiger partial charge in [0.2, 0.25) is 0 Å². The molecule has 4 saturated carbocycles. The van der Waals surface area contributed by atoms with Crippen molar-refractivity contribution in [2.45, 2.75) is 187 Å². The summed E-state index contributed by atoms with van der Waals surface area (Å²) in [5, 5.41) is 0. The van der Waals surface area contributed by atoms with Crippen LogP contribution in [-0.4, -0.2) is 5.92 Å². The number of allylic oxidation sites excluding steroid dienone is 2. The summed E-state index contributed by atoms with van der Waals surface area (Å²) in [7, 11) is 18.6. The molecule has 4 aromatic carbocycles. The number of halogens is 2. The van der Waals surface area contributed by atoms with E-state index in [4.69, 9.17) is 0 Å². The minimum atomic E-state index is -5.07. The molecule has 0 radical (unpaired) electrons. The van der Waals surface area contributed by atoms with Gasteiger partial charge in [0.05, 0.1) is 0 Å². The van der Waals surface area contributed by atoms with Crippen LogP contribution in [0.15, 0.2) is 83.9 Å². The zero-order valence-corrected chi connectivity index (χ0v) is 45.1. The number of hydrogen-bond acceptors (Lipinski definition) is 0. The first-order valence-electron chi connectivity index (χ1n) is 26.5. The quantitative estimate of drug-likeness (QED) is 0.131. The number of aryl methyl sites for hydroxylation is 2. The zero-order valence-electron chi connectivity index (χ0n) is 39.9. The minimum absolute atomic E-state index is 0.137. The fraction of sp³-hybridized carbons (Fsp3) is 0.533. The summed E-state index contributed by atoms with van der Waals surface area (Å²) in [6.45, 7) is 9.84. The van der Waals surface area contributed by atoms with E-state index in [1.807, 2.05) is 0 Å². The SMILES string of the molecule is Cc1cc(-c2ccc(C3CCCCC3)cc2)c2c(c1)[CH]([Zr]([Cl])([Cl])([CH]1C(CC3CCCCC3)=Cc3c(-c4ccc(C5CCCCC5)cc4)cc(C)cc31)[SiH](C)C)C(CC1CCCCC1)=C2. The Labute approximate surface area is 397 Å². The molecule has 0 bridgehead atoms. The average Bonchev–Trinajstić information content (AvgIpc) is 3.88. The Morgan fingerprint density at radius 1 is 0.469 bits per heavy atom. The molecule has 0 nitrogen and oxygen atoms in total. The number of rotatable bonds is 11. The normalized spacial score (nSPS) is 23.4. The van der Waals surface area contributed by atoms with E-state index in [1.54, 1.807) is 11.1 Å². The van der Waals surface area contributed by atoms with Crippen LogP contribution >= 0.6 is 17.0 Å². The molecule has 2 unspecified atom stereocenters. The van der Waals surface area contributed by atoms with E-state index in [-0.39, 0.29) is 7.25 Å². The Bertz CT molecular complexity index is 2200. The molecule has 0 saturated heterocycles. The molecule has 64 heavy (non-hydrogen) atoms. The van der Waals surface area contributed by atoms with E-state index in [0.717, 1.165) is 24.7 Å². The second kappa shape index (κ2) is 19.2. The third-order valence-electron chi connectivity index (χ3n) is 18.0. The standard InChI is InChI=1S/2C29H35.C2H7Si.2ClH.Zr/c2*1-21-16-27-19-23(18-22-8-4-2-5-9-22)20-29(27)28(17-21)26-14-12-25(13-15-26)24-10-6-3-7-11-24;1-3-2;;;/h2*12-17,19-20,22,24H,2-11,18H2,1H3;3H,1-2H3;2*1H;/q;;;;;+2/p-2. The van der Waals surface area contributed by atoms with Crippen LogP contribution in [-0.2, 0) is 15.6 Å². The van der Waals surface area contributed by atoms with Crippen molar-refractivity contribution in [2.75, 3.05) is 0 Å². The van der Waals surface area contributed by atoms with E-state index >= 15 is 0 Å². The second-order valence-corrected chi connectivity index (χ2v) is 65.2. The van der Waals surface area contributed by atoms with Crippen molar-refractivity contribution in [1.29, 1.82) is 0 Å². The molecule has 0 aliphatic heterocycles. The van der Waals surface area contributed by atoms with E-state index in [9.17, 15) is 17.0 Å². The predicted octanol–water partition coefficient (Wildman–Crippen LogP) is 19.2. The van der Waals surface area contributed by atoms with Gasteiger partial charge in [-0.05, 0) is 0 Å². The Kier molecular flexibility index (Phi) is 13.7. The molecular formula is C60H77Cl2SiZr. The maximum atomic E-state index is 9.29. The monoisotopic (exact) mass is 985 g/mol. The molecule has 0 amide bonds. The van der Waals surface area contributed by atoms with Gasteiger partial charge in [-0.1, -0.05) is 0 Å². The first kappa shape index (κ1) is 45.8. The molecule has 0 spiro atoms. The molecule has 4 fully saturated rings. The van der Waals surface area contributed by atoms with Gasteiger partial charge in [-0.3, -0.25) is 0 Å². The van der Waals surface area contributed by atoms with Gasteiger partial charge in [0, 0.05) is 0 Å². The van der Waals surface area contributed by atoms with Crippen molar-refractivity contribution >= 4 is 35.1 Å². The summed E-state index contributed by atoms with van der Waals surface area (Å²) >= 11 is -5.07. The van der Waals surface area contributed by atoms with E-state index < -0.39 is 21.5 Å². The van der Waals surface area contributed by atoms with E-state index in [1.165, 1.54) is 195 Å². The predicted molar refractivity (Wildman–Crippen MR) is 279 cm³/mol. The van der Waals surface area contributed by atoms with Crippen molar-refractivity contribution in [3.8, 4) is 22.3 Å². The van der Waals surface area contributed by atoms with Gasteiger partial charge in [0.1, 0.15) is 0 Å². The molecule has 0 N–H and O–H groups in total. The number of fused-ring (bicyclic) bond motifs is 2. The molecule has 0 aromatic heterocycles. The molecule has 2 atom stereocenters. The van der Waals surface area contributed by atoms with Crippen LogP contribution < -0.4 is 0 Å². The number of benzene rings is 4. The molecule has 4 aromatic rings. The average molecular weight is 988 g/mol. The summed E-state index contributed by atoms with van der Waals surface area (Å²) in [5.74, 6) is 1.14. The Balaban J connectivity index is 1.12. The summed E-state index contributed by atoms with van der Waals surface area (Å²) in [4.78, 5) is 0. The van der Waals surface area contributed by atoms with E-state index in [0.29, 0.717) is 11.8 Å². The molecular weight excluding hydrogens is 911 g/mol. The fourth-order valence-corrected chi connectivity index (χ4v) is 45.9. The Morgan fingerprint density at radius 2 is 0.812 bits per heavy atom. The molecule has 339 valence electrons. The van der Waals surface area contributed by atoms with Crippen molar-refractivity contribution in [1.82, 2.24) is 0 Å². The summed E-state index contributed by atoms with van der Waals surface area (Å²) in [5.41, 5.74) is 20.3. The van der Waals surface area contributed by atoms with Gasteiger partial charge in [0.15, 0.2) is 0 Å². The van der Waals surface area contributed by atoms with Gasteiger partial charge in [-0.15, -0.1) is 0 Å². The van der Waals surface area contributed by atoms with Gasteiger partial charge in [-0.25, -0.2) is 0 Å². The Morgan fingerprint density at radius 3 is 1.16 bits per heavy atom. The van der Waals surface area contributed by atoms with Gasteiger partial charge >= 0.3 is 400 Å². The third-order valence-corrected chi connectivity index (χ3v) is 69.9. The van der Waals surface area contributed by atoms with Crippen molar-refractivity contribution in [3.05, 3.63) is 128 Å². The summed E-state index contributed by atoms with van der Waals surface area (Å²) < 4.78 is 0.274. The summed E-state index contributed by atoms with van der Waals surface area (Å²) in [6.07, 6.45) is 34.8. The molecule has 6 aliphatic carbocycles.